The molecule has 5 rings (SSSR count). The van der Waals surface area contributed by atoms with Crippen LogP contribution in [0.25, 0.3) is 10.9 Å². The first-order valence-electron chi connectivity index (χ1n) is 9.79. The number of hydrogen-bond acceptors (Lipinski definition) is 1. The highest BCUT2D eigenvalue weighted by Gasteiger charge is 2.35. The van der Waals surface area contributed by atoms with Gasteiger partial charge in [-0.3, -0.25) is 0 Å². The minimum absolute atomic E-state index is 0.283. The topological polar surface area (TPSA) is 48.1 Å². The Kier molecular flexibility index (Phi) is 4.68. The molecule has 6 heteroatoms. The van der Waals surface area contributed by atoms with Crippen molar-refractivity contribution in [1.29, 1.82) is 0 Å². The number of aromatic nitrogens is 1. The Morgan fingerprint density at radius 3 is 2.57 bits per heavy atom. The van der Waals surface area contributed by atoms with Crippen LogP contribution in [-0.4, -0.2) is 22.5 Å². The molecule has 0 saturated heterocycles. The zero-order chi connectivity index (χ0) is 20.7. The number of nitrogens with one attached hydrogen (secondary N) is 2. The first-order valence-corrected chi connectivity index (χ1v) is 10.2. The van der Waals surface area contributed by atoms with E-state index in [0.29, 0.717) is 29.2 Å². The largest absolute Gasteiger partial charge is 0.356 e. The maximum Gasteiger partial charge on any atom is 0.322 e. The van der Waals surface area contributed by atoms with Gasteiger partial charge >= 0.3 is 6.03 Å². The summed E-state index contributed by atoms with van der Waals surface area (Å²) in [5.41, 5.74) is 4.09. The van der Waals surface area contributed by atoms with Gasteiger partial charge in [0.15, 0.2) is 0 Å². The molecule has 0 aliphatic carbocycles. The van der Waals surface area contributed by atoms with Crippen molar-refractivity contribution in [2.45, 2.75) is 12.5 Å². The summed E-state index contributed by atoms with van der Waals surface area (Å²) in [6, 6.07) is 20.8. The van der Waals surface area contributed by atoms with Crippen LogP contribution in [0.2, 0.25) is 5.02 Å². The molecule has 0 bridgehead atoms. The number of halogens is 2. The molecular weight excluding hydrogens is 401 g/mol. The van der Waals surface area contributed by atoms with Crippen molar-refractivity contribution >= 4 is 34.2 Å². The molecule has 1 aliphatic rings. The van der Waals surface area contributed by atoms with Crippen molar-refractivity contribution in [2.75, 3.05) is 11.9 Å². The van der Waals surface area contributed by atoms with Crippen LogP contribution in [0, 0.1) is 5.82 Å². The van der Waals surface area contributed by atoms with Crippen LogP contribution in [0.5, 0.6) is 0 Å². The lowest BCUT2D eigenvalue weighted by Crippen LogP contribution is -2.43. The van der Waals surface area contributed by atoms with Gasteiger partial charge in [0, 0.05) is 39.4 Å². The summed E-state index contributed by atoms with van der Waals surface area (Å²) in [6.07, 6.45) is 0.693. The highest BCUT2D eigenvalue weighted by Crippen LogP contribution is 2.39. The van der Waals surface area contributed by atoms with E-state index < -0.39 is 6.04 Å². The normalized spacial score (nSPS) is 15.8. The van der Waals surface area contributed by atoms with Gasteiger partial charge in [0.1, 0.15) is 11.9 Å². The molecule has 4 aromatic rings. The Hall–Kier alpha value is -3.31. The molecule has 30 heavy (non-hydrogen) atoms. The molecule has 1 atom stereocenters. The van der Waals surface area contributed by atoms with Gasteiger partial charge in [-0.15, -0.1) is 0 Å². The van der Waals surface area contributed by atoms with Gasteiger partial charge in [0.2, 0.25) is 0 Å². The van der Waals surface area contributed by atoms with Crippen molar-refractivity contribution in [3.05, 3.63) is 100 Å². The Balaban J connectivity index is 1.59. The summed E-state index contributed by atoms with van der Waals surface area (Å²) < 4.78 is 14.8. The second-order valence-electron chi connectivity index (χ2n) is 7.37. The quantitative estimate of drug-likeness (QED) is 0.402. The second kappa shape index (κ2) is 7.50. The molecule has 2 amide bonds. The predicted octanol–water partition coefficient (Wildman–Crippen LogP) is 6.14. The van der Waals surface area contributed by atoms with Crippen LogP contribution < -0.4 is 5.32 Å². The lowest BCUT2D eigenvalue weighted by atomic mass is 9.92. The summed E-state index contributed by atoms with van der Waals surface area (Å²) in [4.78, 5) is 18.3. The monoisotopic (exact) mass is 419 g/mol. The number of amides is 2. The van der Waals surface area contributed by atoms with E-state index in [1.54, 1.807) is 47.4 Å². The number of anilines is 1. The molecule has 0 spiro atoms. The zero-order valence-electron chi connectivity index (χ0n) is 16.0. The van der Waals surface area contributed by atoms with Gasteiger partial charge in [-0.05, 0) is 48.4 Å². The van der Waals surface area contributed by atoms with Gasteiger partial charge in [-0.1, -0.05) is 48.0 Å². The Morgan fingerprint density at radius 1 is 1.03 bits per heavy atom. The van der Waals surface area contributed by atoms with Crippen molar-refractivity contribution < 1.29 is 9.18 Å². The third kappa shape index (κ3) is 3.21. The van der Waals surface area contributed by atoms with E-state index in [1.165, 1.54) is 6.07 Å². The maximum atomic E-state index is 14.8. The van der Waals surface area contributed by atoms with Crippen LogP contribution in [0.15, 0.2) is 72.8 Å². The van der Waals surface area contributed by atoms with Crippen molar-refractivity contribution in [3.63, 3.8) is 0 Å². The fourth-order valence-corrected chi connectivity index (χ4v) is 4.33. The number of hydrogen-bond donors (Lipinski definition) is 2. The average Bonchev–Trinajstić information content (AvgIpc) is 3.14. The number of aromatic amines is 1. The molecule has 0 radical (unpaired) electrons. The summed E-state index contributed by atoms with van der Waals surface area (Å²) in [7, 11) is 0. The third-order valence-electron chi connectivity index (χ3n) is 5.59. The number of benzene rings is 3. The van der Waals surface area contributed by atoms with Crippen molar-refractivity contribution in [1.82, 2.24) is 9.88 Å². The van der Waals surface area contributed by atoms with Gasteiger partial charge in [0.25, 0.3) is 0 Å². The highest BCUT2D eigenvalue weighted by atomic mass is 35.5. The first kappa shape index (κ1) is 18.7. The molecule has 0 fully saturated rings. The molecule has 1 aromatic heterocycles. The maximum absolute atomic E-state index is 14.8. The van der Waals surface area contributed by atoms with Crippen LogP contribution >= 0.6 is 11.6 Å². The van der Waals surface area contributed by atoms with E-state index in [4.69, 9.17) is 11.6 Å². The number of carbonyl (C=O) groups is 1. The van der Waals surface area contributed by atoms with Crippen LogP contribution in [0.3, 0.4) is 0 Å². The van der Waals surface area contributed by atoms with Gasteiger partial charge in [-0.2, -0.15) is 0 Å². The van der Waals surface area contributed by atoms with Crippen molar-refractivity contribution in [3.8, 4) is 0 Å². The van der Waals surface area contributed by atoms with Crippen LogP contribution in [-0.2, 0) is 6.42 Å². The number of carbonyl (C=O) groups excluding carboxylic acids is 1. The van der Waals surface area contributed by atoms with Crippen molar-refractivity contribution in [2.24, 2.45) is 0 Å². The standard InChI is InChI=1S/C24H19ClFN3O/c25-15-9-11-16(12-10-15)27-24(30)29-14-13-18-17-5-2-4-8-21(17)28-22(18)23(29)19-6-1-3-7-20(19)26/h1-12,23,28H,13-14H2,(H,27,30)/t23-/m1/s1. The lowest BCUT2D eigenvalue weighted by molar-refractivity contribution is 0.192. The molecule has 1 aliphatic heterocycles. The molecule has 0 unspecified atom stereocenters. The fourth-order valence-electron chi connectivity index (χ4n) is 4.21. The first-order chi connectivity index (χ1) is 14.6. The molecule has 3 aromatic carbocycles. The predicted molar refractivity (Wildman–Crippen MR) is 117 cm³/mol. The average molecular weight is 420 g/mol. The SMILES string of the molecule is O=C(Nc1ccc(Cl)cc1)N1CCc2c([nH]c3ccccc23)[C@H]1c1ccccc1F. The summed E-state index contributed by atoms with van der Waals surface area (Å²) in [5.74, 6) is -0.335. The summed E-state index contributed by atoms with van der Waals surface area (Å²) >= 11 is 5.94. The van der Waals surface area contributed by atoms with E-state index in [-0.39, 0.29) is 11.8 Å². The summed E-state index contributed by atoms with van der Waals surface area (Å²) in [5, 5.41) is 4.63. The molecule has 2 N–H and O–H groups in total. The zero-order valence-corrected chi connectivity index (χ0v) is 16.8. The van der Waals surface area contributed by atoms with E-state index in [9.17, 15) is 9.18 Å². The molecular formula is C24H19ClFN3O. The third-order valence-corrected chi connectivity index (χ3v) is 5.84. The molecule has 4 nitrogen and oxygen atoms in total. The number of urea groups is 1. The highest BCUT2D eigenvalue weighted by molar-refractivity contribution is 6.30. The number of fused-ring (bicyclic) bond motifs is 3. The van der Waals surface area contributed by atoms with E-state index in [1.807, 2.05) is 18.2 Å². The van der Waals surface area contributed by atoms with Crippen LogP contribution in [0.1, 0.15) is 22.9 Å². The van der Waals surface area contributed by atoms with Gasteiger partial charge in [-0.25, -0.2) is 9.18 Å². The van der Waals surface area contributed by atoms with Gasteiger partial charge < -0.3 is 15.2 Å². The Bertz CT molecular complexity index is 1230. The fraction of sp³-hybridized carbons (Fsp3) is 0.125. The molecule has 150 valence electrons. The summed E-state index contributed by atoms with van der Waals surface area (Å²) in [6.45, 7) is 0.479. The second-order valence-corrected chi connectivity index (χ2v) is 7.80. The minimum Gasteiger partial charge on any atom is -0.356 e. The minimum atomic E-state index is -0.547. The Labute approximate surface area is 178 Å². The number of nitrogens with zero attached hydrogens (tertiary/aromatic N) is 1. The van der Waals surface area contributed by atoms with E-state index >= 15 is 0 Å². The number of rotatable bonds is 2. The van der Waals surface area contributed by atoms with Gasteiger partial charge in [0.05, 0.1) is 0 Å². The number of para-hydroxylation sites is 1. The molecule has 2 heterocycles. The van der Waals surface area contributed by atoms with Crippen LogP contribution in [0.4, 0.5) is 14.9 Å². The Morgan fingerprint density at radius 2 is 1.77 bits per heavy atom. The number of H-pyrrole nitrogens is 1. The van der Waals surface area contributed by atoms with E-state index in [2.05, 4.69) is 16.4 Å². The lowest BCUT2D eigenvalue weighted by Gasteiger charge is -2.36. The van der Waals surface area contributed by atoms with E-state index in [0.717, 1.165) is 22.2 Å². The smallest absolute Gasteiger partial charge is 0.322 e. The molecule has 0 saturated carbocycles.